The van der Waals surface area contributed by atoms with Crippen LogP contribution in [-0.2, 0) is 14.6 Å². The van der Waals surface area contributed by atoms with Gasteiger partial charge in [-0.1, -0.05) is 0 Å². The summed E-state index contributed by atoms with van der Waals surface area (Å²) in [7, 11) is -3.14. The number of hydrogen-bond donors (Lipinski definition) is 1. The van der Waals surface area contributed by atoms with E-state index < -0.39 is 27.8 Å². The molecule has 1 aromatic rings. The monoisotopic (exact) mass is 331 g/mol. The Morgan fingerprint density at radius 2 is 1.90 bits per heavy atom. The number of rotatable bonds is 4. The Morgan fingerprint density at radius 3 is 2.33 bits per heavy atom. The minimum atomic E-state index is -3.14. The van der Waals surface area contributed by atoms with Gasteiger partial charge in [-0.2, -0.15) is 0 Å². The third kappa shape index (κ3) is 3.54. The van der Waals surface area contributed by atoms with Crippen LogP contribution in [0.25, 0.3) is 0 Å². The SMILES string of the molecule is O=C(O)c1ccc(N(C(=O)CCl)C2CCS(=O)(=O)C2)cc1. The summed E-state index contributed by atoms with van der Waals surface area (Å²) in [6.45, 7) is 0. The predicted molar refractivity (Wildman–Crippen MR) is 78.7 cm³/mol. The predicted octanol–water partition coefficient (Wildman–Crippen LogP) is 1.14. The van der Waals surface area contributed by atoms with Gasteiger partial charge in [0.25, 0.3) is 0 Å². The van der Waals surface area contributed by atoms with Crippen molar-refractivity contribution in [3.8, 4) is 0 Å². The van der Waals surface area contributed by atoms with Crippen LogP contribution >= 0.6 is 11.6 Å². The summed E-state index contributed by atoms with van der Waals surface area (Å²) in [6, 6.07) is 5.25. The Bertz CT molecular complexity index is 656. The van der Waals surface area contributed by atoms with Gasteiger partial charge in [0.2, 0.25) is 5.91 Å². The van der Waals surface area contributed by atoms with E-state index in [1.165, 1.54) is 29.2 Å². The zero-order valence-corrected chi connectivity index (χ0v) is 12.6. The Kier molecular flexibility index (Phi) is 4.53. The average Bonchev–Trinajstić information content (AvgIpc) is 2.79. The smallest absolute Gasteiger partial charge is 0.335 e. The molecule has 8 heteroatoms. The van der Waals surface area contributed by atoms with Gasteiger partial charge < -0.3 is 10.0 Å². The molecule has 0 aromatic heterocycles. The lowest BCUT2D eigenvalue weighted by Crippen LogP contribution is -2.42. The second-order valence-electron chi connectivity index (χ2n) is 4.81. The lowest BCUT2D eigenvalue weighted by molar-refractivity contribution is -0.116. The number of carboxylic acids is 1. The fraction of sp³-hybridized carbons (Fsp3) is 0.385. The van der Waals surface area contributed by atoms with E-state index in [4.69, 9.17) is 16.7 Å². The molecule has 1 unspecified atom stereocenters. The van der Waals surface area contributed by atoms with Crippen molar-refractivity contribution in [2.75, 3.05) is 22.3 Å². The first-order valence-corrected chi connectivity index (χ1v) is 8.61. The van der Waals surface area contributed by atoms with Gasteiger partial charge in [-0.25, -0.2) is 13.2 Å². The first-order chi connectivity index (χ1) is 9.84. The maximum Gasteiger partial charge on any atom is 0.335 e. The Labute approximate surface area is 127 Å². The molecular formula is C13H14ClNO5S. The molecule has 6 nitrogen and oxygen atoms in total. The van der Waals surface area contributed by atoms with Gasteiger partial charge in [0.05, 0.1) is 23.1 Å². The molecule has 2 rings (SSSR count). The summed E-state index contributed by atoms with van der Waals surface area (Å²) >= 11 is 5.59. The fourth-order valence-electron chi connectivity index (χ4n) is 2.37. The molecule has 1 N–H and O–H groups in total. The van der Waals surface area contributed by atoms with Crippen molar-refractivity contribution in [1.82, 2.24) is 0 Å². The quantitative estimate of drug-likeness (QED) is 0.835. The molecule has 1 heterocycles. The second kappa shape index (κ2) is 6.03. The highest BCUT2D eigenvalue weighted by Crippen LogP contribution is 2.25. The van der Waals surface area contributed by atoms with Crippen LogP contribution in [0.4, 0.5) is 5.69 Å². The average molecular weight is 332 g/mol. The first kappa shape index (κ1) is 15.8. The molecule has 1 fully saturated rings. The number of carbonyl (C=O) groups excluding carboxylic acids is 1. The molecule has 0 aliphatic carbocycles. The van der Waals surface area contributed by atoms with Crippen LogP contribution in [0.1, 0.15) is 16.8 Å². The van der Waals surface area contributed by atoms with Crippen LogP contribution in [0.3, 0.4) is 0 Å². The Morgan fingerprint density at radius 1 is 1.29 bits per heavy atom. The molecule has 0 radical (unpaired) electrons. The summed E-state index contributed by atoms with van der Waals surface area (Å²) in [5.74, 6) is -1.80. The molecule has 1 amide bonds. The molecule has 0 saturated carbocycles. The summed E-state index contributed by atoms with van der Waals surface area (Å²) in [6.07, 6.45) is 0.353. The maximum absolute atomic E-state index is 12.0. The summed E-state index contributed by atoms with van der Waals surface area (Å²) in [4.78, 5) is 24.2. The van der Waals surface area contributed by atoms with E-state index in [1.807, 2.05) is 0 Å². The van der Waals surface area contributed by atoms with Gasteiger partial charge in [0.15, 0.2) is 9.84 Å². The molecular weight excluding hydrogens is 318 g/mol. The van der Waals surface area contributed by atoms with Gasteiger partial charge in [-0.05, 0) is 30.7 Å². The summed E-state index contributed by atoms with van der Waals surface area (Å²) in [5.41, 5.74) is 0.545. The van der Waals surface area contributed by atoms with Gasteiger partial charge in [-0.3, -0.25) is 4.79 Å². The third-order valence-corrected chi connectivity index (χ3v) is 5.33. The highest BCUT2D eigenvalue weighted by atomic mass is 35.5. The lowest BCUT2D eigenvalue weighted by atomic mass is 10.1. The van der Waals surface area contributed by atoms with Crippen molar-refractivity contribution in [3.05, 3.63) is 29.8 Å². The minimum Gasteiger partial charge on any atom is -0.478 e. The van der Waals surface area contributed by atoms with Gasteiger partial charge >= 0.3 is 5.97 Å². The number of sulfone groups is 1. The molecule has 1 saturated heterocycles. The Hall–Kier alpha value is -1.60. The number of carbonyl (C=O) groups is 2. The van der Waals surface area contributed by atoms with E-state index in [1.54, 1.807) is 0 Å². The van der Waals surface area contributed by atoms with E-state index in [0.717, 1.165) is 0 Å². The lowest BCUT2D eigenvalue weighted by Gasteiger charge is -2.27. The van der Waals surface area contributed by atoms with Gasteiger partial charge in [0, 0.05) is 5.69 Å². The zero-order chi connectivity index (χ0) is 15.6. The van der Waals surface area contributed by atoms with Crippen LogP contribution in [-0.4, -0.2) is 48.8 Å². The van der Waals surface area contributed by atoms with Gasteiger partial charge in [-0.15, -0.1) is 11.6 Å². The van der Waals surface area contributed by atoms with E-state index in [-0.39, 0.29) is 22.9 Å². The van der Waals surface area contributed by atoms with Crippen molar-refractivity contribution in [1.29, 1.82) is 0 Å². The van der Waals surface area contributed by atoms with E-state index in [9.17, 15) is 18.0 Å². The fourth-order valence-corrected chi connectivity index (χ4v) is 4.20. The summed E-state index contributed by atoms with van der Waals surface area (Å²) in [5, 5.41) is 8.87. The second-order valence-corrected chi connectivity index (χ2v) is 7.30. The largest absolute Gasteiger partial charge is 0.478 e. The number of benzene rings is 1. The number of carboxylic acid groups (broad SMARTS) is 1. The van der Waals surface area contributed by atoms with E-state index >= 15 is 0 Å². The minimum absolute atomic E-state index is 0.0386. The van der Waals surface area contributed by atoms with Crippen molar-refractivity contribution < 1.29 is 23.1 Å². The van der Waals surface area contributed by atoms with E-state index in [2.05, 4.69) is 0 Å². The molecule has 1 aliphatic rings. The molecule has 0 bridgehead atoms. The summed E-state index contributed by atoms with van der Waals surface area (Å²) < 4.78 is 23.2. The number of hydrogen-bond acceptors (Lipinski definition) is 4. The number of amides is 1. The molecule has 0 spiro atoms. The van der Waals surface area contributed by atoms with Crippen molar-refractivity contribution in [2.24, 2.45) is 0 Å². The van der Waals surface area contributed by atoms with Crippen LogP contribution < -0.4 is 4.90 Å². The van der Waals surface area contributed by atoms with E-state index in [0.29, 0.717) is 12.1 Å². The number of alkyl halides is 1. The van der Waals surface area contributed by atoms with Gasteiger partial charge in [0.1, 0.15) is 5.88 Å². The Balaban J connectivity index is 2.32. The van der Waals surface area contributed by atoms with Crippen molar-refractivity contribution >= 4 is 39.0 Å². The number of aromatic carboxylic acids is 1. The molecule has 1 aliphatic heterocycles. The normalized spacial score (nSPS) is 20.1. The number of halogens is 1. The van der Waals surface area contributed by atoms with Crippen LogP contribution in [0.15, 0.2) is 24.3 Å². The van der Waals surface area contributed by atoms with Crippen LogP contribution in [0, 0.1) is 0 Å². The number of nitrogens with zero attached hydrogens (tertiary/aromatic N) is 1. The molecule has 1 aromatic carbocycles. The van der Waals surface area contributed by atoms with Crippen LogP contribution in [0.2, 0.25) is 0 Å². The van der Waals surface area contributed by atoms with Crippen LogP contribution in [0.5, 0.6) is 0 Å². The highest BCUT2D eigenvalue weighted by molar-refractivity contribution is 7.91. The third-order valence-electron chi connectivity index (χ3n) is 3.35. The van der Waals surface area contributed by atoms with Crippen molar-refractivity contribution in [3.63, 3.8) is 0 Å². The molecule has 21 heavy (non-hydrogen) atoms. The number of anilines is 1. The first-order valence-electron chi connectivity index (χ1n) is 6.26. The standard InChI is InChI=1S/C13H14ClNO5S/c14-7-12(16)15(11-5-6-21(19,20)8-11)10-3-1-9(2-4-10)13(17)18/h1-4,11H,5-8H2,(H,17,18). The zero-order valence-electron chi connectivity index (χ0n) is 11.0. The topological polar surface area (TPSA) is 91.8 Å². The molecule has 1 atom stereocenters. The molecule has 114 valence electrons. The van der Waals surface area contributed by atoms with Crippen molar-refractivity contribution in [2.45, 2.75) is 12.5 Å². The highest BCUT2D eigenvalue weighted by Gasteiger charge is 2.35. The maximum atomic E-state index is 12.0.